The number of amides is 2. The van der Waals surface area contributed by atoms with Gasteiger partial charge < -0.3 is 29.2 Å². The van der Waals surface area contributed by atoms with Crippen molar-refractivity contribution in [2.24, 2.45) is 5.92 Å². The second-order valence-corrected chi connectivity index (χ2v) is 15.5. The number of halogens is 3. The van der Waals surface area contributed by atoms with E-state index in [1.165, 1.54) is 28.6 Å². The fourth-order valence-electron chi connectivity index (χ4n) is 8.78. The zero-order valence-electron chi connectivity index (χ0n) is 32.3. The van der Waals surface area contributed by atoms with Crippen molar-refractivity contribution in [3.63, 3.8) is 0 Å². The largest absolute Gasteiger partial charge is 0.493 e. The van der Waals surface area contributed by atoms with E-state index in [1.54, 1.807) is 20.3 Å². The van der Waals surface area contributed by atoms with Crippen LogP contribution in [-0.2, 0) is 15.8 Å². The molecule has 4 heterocycles. The zero-order valence-corrected chi connectivity index (χ0v) is 32.3. The highest BCUT2D eigenvalue weighted by atomic mass is 19.4. The minimum absolute atomic E-state index is 0.0810. The molecular formula is C43H52F3N5O4. The molecule has 0 unspecified atom stereocenters. The Morgan fingerprint density at radius 3 is 2.27 bits per heavy atom. The Bertz CT molecular complexity index is 2000. The Morgan fingerprint density at radius 1 is 0.836 bits per heavy atom. The summed E-state index contributed by atoms with van der Waals surface area (Å²) in [5, 5.41) is 1.22. The van der Waals surface area contributed by atoms with Crippen molar-refractivity contribution in [3.05, 3.63) is 77.4 Å². The number of hydrogen-bond acceptors (Lipinski definition) is 6. The zero-order chi connectivity index (χ0) is 38.9. The first kappa shape index (κ1) is 38.6. The summed E-state index contributed by atoms with van der Waals surface area (Å²) in [5.41, 5.74) is 5.66. The summed E-state index contributed by atoms with van der Waals surface area (Å²) in [6, 6.07) is 18.1. The van der Waals surface area contributed by atoms with E-state index in [0.29, 0.717) is 81.4 Å². The third-order valence-electron chi connectivity index (χ3n) is 11.8. The number of hydrogen-bond donors (Lipinski definition) is 1. The van der Waals surface area contributed by atoms with Crippen LogP contribution in [0, 0.1) is 5.92 Å². The van der Waals surface area contributed by atoms with E-state index in [4.69, 9.17) is 9.47 Å². The minimum Gasteiger partial charge on any atom is -0.493 e. The summed E-state index contributed by atoms with van der Waals surface area (Å²) >= 11 is 0. The molecule has 3 fully saturated rings. The van der Waals surface area contributed by atoms with Crippen molar-refractivity contribution >= 4 is 28.4 Å². The summed E-state index contributed by atoms with van der Waals surface area (Å²) in [6.45, 7) is 9.39. The maximum absolute atomic E-state index is 13.6. The van der Waals surface area contributed by atoms with Crippen molar-refractivity contribution < 1.29 is 32.2 Å². The third-order valence-corrected chi connectivity index (χ3v) is 11.8. The van der Waals surface area contributed by atoms with Gasteiger partial charge in [-0.15, -0.1) is 0 Å². The van der Waals surface area contributed by atoms with Crippen molar-refractivity contribution in [1.29, 1.82) is 0 Å². The topological polar surface area (TPSA) is 81.3 Å². The van der Waals surface area contributed by atoms with Crippen LogP contribution in [-0.4, -0.2) is 105 Å². The van der Waals surface area contributed by atoms with Crippen molar-refractivity contribution in [3.8, 4) is 22.8 Å². The number of nitrogens with one attached hydrogen (secondary N) is 1. The number of aromatic nitrogens is 1. The molecule has 3 aromatic carbocycles. The standard InChI is InChI=1S/C43H52F3N5O4/c1-28(2)40-35-23-30(10-12-36(35)47-41(40)31-11-13-37(54-3)38(24-31)55-4)29-14-17-50(18-15-29)39(52)27-48-16-6-7-32(26-48)42(53)51-21-19-49(20-22-51)34-9-5-8-33(25-34)43(44,45)46/h5,8-13,23-25,28-29,32,47H,6-7,14-22,26-27H2,1-4H3/t32-/m0/s1. The van der Waals surface area contributed by atoms with E-state index in [2.05, 4.69) is 48.0 Å². The SMILES string of the molecule is COc1ccc(-c2[nH]c3ccc(C4CCN(C(=O)CN5CCC[C@H](C(=O)N6CCN(c7cccc(C(F)(F)F)c7)CC6)C5)CC4)cc3c2C(C)C)cc1OC. The van der Waals surface area contributed by atoms with Crippen LogP contribution in [0.3, 0.4) is 0 Å². The lowest BCUT2D eigenvalue weighted by Gasteiger charge is -2.40. The first-order valence-corrected chi connectivity index (χ1v) is 19.5. The van der Waals surface area contributed by atoms with Gasteiger partial charge in [0.2, 0.25) is 11.8 Å². The molecule has 0 aliphatic carbocycles. The molecule has 55 heavy (non-hydrogen) atoms. The average Bonchev–Trinajstić information content (AvgIpc) is 3.59. The van der Waals surface area contributed by atoms with Crippen molar-refractivity contribution in [2.45, 2.75) is 57.5 Å². The quantitative estimate of drug-likeness (QED) is 0.188. The van der Waals surface area contributed by atoms with Crippen LogP contribution in [0.1, 0.15) is 68.1 Å². The van der Waals surface area contributed by atoms with Gasteiger partial charge in [-0.1, -0.05) is 26.0 Å². The number of piperidine rings is 2. The molecule has 12 heteroatoms. The van der Waals surface area contributed by atoms with Gasteiger partial charge in [0.15, 0.2) is 11.5 Å². The van der Waals surface area contributed by atoms with Crippen LogP contribution in [0.4, 0.5) is 18.9 Å². The molecular weight excluding hydrogens is 707 g/mol. The van der Waals surface area contributed by atoms with E-state index in [9.17, 15) is 22.8 Å². The average molecular weight is 760 g/mol. The van der Waals surface area contributed by atoms with Gasteiger partial charge in [-0.05, 0) is 104 Å². The summed E-state index contributed by atoms with van der Waals surface area (Å²) in [7, 11) is 3.29. The van der Waals surface area contributed by atoms with Gasteiger partial charge in [0.25, 0.3) is 0 Å². The molecule has 0 bridgehead atoms. The number of carbonyl (C=O) groups excluding carboxylic acids is 2. The summed E-state index contributed by atoms with van der Waals surface area (Å²) in [4.78, 5) is 38.7. The molecule has 1 aromatic heterocycles. The smallest absolute Gasteiger partial charge is 0.416 e. The second-order valence-electron chi connectivity index (χ2n) is 15.5. The van der Waals surface area contributed by atoms with Crippen LogP contribution in [0.5, 0.6) is 11.5 Å². The molecule has 3 saturated heterocycles. The van der Waals surface area contributed by atoms with E-state index in [-0.39, 0.29) is 17.7 Å². The van der Waals surface area contributed by atoms with E-state index in [1.807, 2.05) is 26.8 Å². The first-order valence-electron chi connectivity index (χ1n) is 19.5. The Morgan fingerprint density at radius 2 is 1.58 bits per heavy atom. The molecule has 294 valence electrons. The molecule has 3 aliphatic rings. The van der Waals surface area contributed by atoms with Crippen LogP contribution in [0.15, 0.2) is 60.7 Å². The van der Waals surface area contributed by atoms with E-state index in [0.717, 1.165) is 55.1 Å². The van der Waals surface area contributed by atoms with Crippen LogP contribution >= 0.6 is 0 Å². The fraction of sp³-hybridized carbons (Fsp3) is 0.488. The molecule has 0 spiro atoms. The molecule has 1 N–H and O–H groups in total. The van der Waals surface area contributed by atoms with Gasteiger partial charge in [0, 0.05) is 68.0 Å². The van der Waals surface area contributed by atoms with Crippen LogP contribution < -0.4 is 14.4 Å². The fourth-order valence-corrected chi connectivity index (χ4v) is 8.78. The molecule has 9 nitrogen and oxygen atoms in total. The lowest BCUT2D eigenvalue weighted by molar-refractivity contribution is -0.140. The van der Waals surface area contributed by atoms with Crippen molar-refractivity contribution in [1.82, 2.24) is 19.7 Å². The number of carbonyl (C=O) groups is 2. The minimum atomic E-state index is -4.39. The number of H-pyrrole nitrogens is 1. The highest BCUT2D eigenvalue weighted by Gasteiger charge is 2.34. The molecule has 7 rings (SSSR count). The van der Waals surface area contributed by atoms with Gasteiger partial charge in [0.1, 0.15) is 0 Å². The van der Waals surface area contributed by atoms with Gasteiger partial charge in [-0.25, -0.2) is 0 Å². The predicted octanol–water partition coefficient (Wildman–Crippen LogP) is 7.76. The molecule has 2 amide bonds. The van der Waals surface area contributed by atoms with Gasteiger partial charge in [0.05, 0.1) is 37.9 Å². The predicted molar refractivity (Wildman–Crippen MR) is 209 cm³/mol. The number of likely N-dealkylation sites (tertiary alicyclic amines) is 2. The molecule has 4 aromatic rings. The number of fused-ring (bicyclic) bond motifs is 1. The molecule has 0 saturated carbocycles. The molecule has 3 aliphatic heterocycles. The number of methoxy groups -OCH3 is 2. The number of alkyl halides is 3. The molecule has 0 radical (unpaired) electrons. The highest BCUT2D eigenvalue weighted by molar-refractivity contribution is 5.92. The summed E-state index contributed by atoms with van der Waals surface area (Å²) in [5.74, 6) is 2.05. The first-order chi connectivity index (χ1) is 26.4. The van der Waals surface area contributed by atoms with E-state index >= 15 is 0 Å². The van der Waals surface area contributed by atoms with Crippen LogP contribution in [0.2, 0.25) is 0 Å². The third kappa shape index (κ3) is 8.29. The summed E-state index contributed by atoms with van der Waals surface area (Å²) < 4.78 is 50.8. The van der Waals surface area contributed by atoms with Crippen LogP contribution in [0.25, 0.3) is 22.2 Å². The number of aromatic amines is 1. The Labute approximate surface area is 321 Å². The normalized spacial score (nSPS) is 19.0. The lowest BCUT2D eigenvalue weighted by Crippen LogP contribution is -2.53. The lowest BCUT2D eigenvalue weighted by atomic mass is 9.87. The van der Waals surface area contributed by atoms with Gasteiger partial charge in [-0.3, -0.25) is 14.5 Å². The maximum atomic E-state index is 13.6. The van der Waals surface area contributed by atoms with Gasteiger partial charge in [-0.2, -0.15) is 13.2 Å². The van der Waals surface area contributed by atoms with Gasteiger partial charge >= 0.3 is 6.18 Å². The van der Waals surface area contributed by atoms with E-state index < -0.39 is 11.7 Å². The number of nitrogens with zero attached hydrogens (tertiary/aromatic N) is 4. The monoisotopic (exact) mass is 759 g/mol. The Hall–Kier alpha value is -4.71. The Balaban J connectivity index is 0.925. The summed E-state index contributed by atoms with van der Waals surface area (Å²) in [6.07, 6.45) is -0.967. The maximum Gasteiger partial charge on any atom is 0.416 e. The number of rotatable bonds is 9. The Kier molecular flexibility index (Phi) is 11.3. The van der Waals surface area contributed by atoms with Crippen molar-refractivity contribution in [2.75, 3.05) is 78.0 Å². The number of ether oxygens (including phenoxy) is 2. The second kappa shape index (κ2) is 16.2. The number of piperazine rings is 1. The number of benzene rings is 3. The molecule has 1 atom stereocenters. The number of anilines is 1. The highest BCUT2D eigenvalue weighted by Crippen LogP contribution is 2.41.